The van der Waals surface area contributed by atoms with Crippen LogP contribution in [-0.2, 0) is 30.3 Å². The molecule has 4 aliphatic rings. The normalized spacial score (nSPS) is 23.6. The minimum absolute atomic E-state index is 0.0469. The number of methoxy groups -OCH3 is 1. The highest BCUT2D eigenvalue weighted by Crippen LogP contribution is 2.54. The highest BCUT2D eigenvalue weighted by Gasteiger charge is 2.50. The summed E-state index contributed by atoms with van der Waals surface area (Å²) >= 11 is 0. The third kappa shape index (κ3) is 7.58. The Labute approximate surface area is 298 Å². The molecule has 9 heteroatoms. The number of fused-ring (bicyclic) bond motifs is 3. The second-order valence-electron chi connectivity index (χ2n) is 15.1. The first-order valence-electron chi connectivity index (χ1n) is 18.3. The molecule has 0 saturated heterocycles. The first-order valence-corrected chi connectivity index (χ1v) is 18.3. The predicted octanol–water partition coefficient (Wildman–Crippen LogP) is 6.77. The summed E-state index contributed by atoms with van der Waals surface area (Å²) in [5.41, 5.74) is 0.318. The second-order valence-corrected chi connectivity index (χ2v) is 15.1. The molecule has 0 heterocycles. The van der Waals surface area contributed by atoms with Crippen LogP contribution in [0.3, 0.4) is 0 Å². The molecule has 0 aromatic heterocycles. The molecule has 4 bridgehead atoms. The van der Waals surface area contributed by atoms with E-state index in [4.69, 9.17) is 9.47 Å². The number of carbonyl (C=O) groups excluding carboxylic acids is 4. The van der Waals surface area contributed by atoms with Gasteiger partial charge >= 0.3 is 12.1 Å². The Bertz CT molecular complexity index is 1900. The van der Waals surface area contributed by atoms with Crippen LogP contribution in [0.5, 0.6) is 0 Å². The lowest BCUT2D eigenvalue weighted by Gasteiger charge is -2.53. The lowest BCUT2D eigenvalue weighted by atomic mass is 9.55. The highest BCUT2D eigenvalue weighted by atomic mass is 16.6. The molecule has 4 fully saturated rings. The van der Waals surface area contributed by atoms with E-state index in [-0.39, 0.29) is 37.8 Å². The first kappa shape index (κ1) is 34.5. The fourth-order valence-electron chi connectivity index (χ4n) is 9.20. The van der Waals surface area contributed by atoms with Gasteiger partial charge in [0.1, 0.15) is 11.6 Å². The third-order valence-corrected chi connectivity index (χ3v) is 11.4. The van der Waals surface area contributed by atoms with Crippen LogP contribution in [-0.4, -0.2) is 49.2 Å². The molecular weight excluding hydrogens is 642 g/mol. The standard InChI is InChI=1S/C42H47N3O6/c1-42(45-41(49)51-39-30-19-26-18-27(21-30)22-31(39)20-26,24-32-23-29-12-6-7-13-33(29)35-15-9-8-14-34(32)35)40(48)43-25-36(28-10-4-3-5-11-28)44-37(46)16-17-38(47)50-2/h3-15,23,26-27,30-31,36,39H,16-22,24-25H2,1-2H3,(H,43,48)(H,44,46)(H,45,49)/t26?,27?,30?,31?,36-,39?,42?/m0/s1. The van der Waals surface area contributed by atoms with Crippen molar-refractivity contribution in [1.82, 2.24) is 16.0 Å². The molecule has 4 saturated carbocycles. The first-order chi connectivity index (χ1) is 24.7. The molecule has 0 radical (unpaired) electrons. The van der Waals surface area contributed by atoms with Crippen LogP contribution in [0.2, 0.25) is 0 Å². The largest absolute Gasteiger partial charge is 0.469 e. The van der Waals surface area contributed by atoms with Gasteiger partial charge in [0.15, 0.2) is 0 Å². The maximum Gasteiger partial charge on any atom is 0.408 e. The second kappa shape index (κ2) is 14.7. The Balaban J connectivity index is 1.15. The molecule has 4 aromatic rings. The van der Waals surface area contributed by atoms with Gasteiger partial charge in [0, 0.05) is 19.4 Å². The predicted molar refractivity (Wildman–Crippen MR) is 196 cm³/mol. The molecule has 2 atom stereocenters. The summed E-state index contributed by atoms with van der Waals surface area (Å²) in [6.45, 7) is 1.81. The fourth-order valence-corrected chi connectivity index (χ4v) is 9.20. The van der Waals surface area contributed by atoms with Gasteiger partial charge in [-0.3, -0.25) is 14.4 Å². The number of esters is 1. The van der Waals surface area contributed by atoms with Crippen molar-refractivity contribution in [3.8, 4) is 0 Å². The number of hydrogen-bond donors (Lipinski definition) is 3. The molecule has 0 aliphatic heterocycles. The van der Waals surface area contributed by atoms with Gasteiger partial charge in [-0.15, -0.1) is 0 Å². The van der Waals surface area contributed by atoms with Gasteiger partial charge in [-0.25, -0.2) is 4.79 Å². The quantitative estimate of drug-likeness (QED) is 0.112. The van der Waals surface area contributed by atoms with Gasteiger partial charge in [-0.2, -0.15) is 0 Å². The Hall–Kier alpha value is -4.92. The number of amides is 3. The summed E-state index contributed by atoms with van der Waals surface area (Å²) in [6.07, 6.45) is 5.15. The summed E-state index contributed by atoms with van der Waals surface area (Å²) in [4.78, 5) is 52.9. The Morgan fingerprint density at radius 3 is 2.10 bits per heavy atom. The monoisotopic (exact) mass is 689 g/mol. The Morgan fingerprint density at radius 2 is 1.41 bits per heavy atom. The molecule has 51 heavy (non-hydrogen) atoms. The van der Waals surface area contributed by atoms with Crippen LogP contribution < -0.4 is 16.0 Å². The van der Waals surface area contributed by atoms with E-state index in [1.54, 1.807) is 6.92 Å². The van der Waals surface area contributed by atoms with E-state index in [1.807, 2.05) is 54.6 Å². The zero-order valence-corrected chi connectivity index (χ0v) is 29.4. The number of hydrogen-bond acceptors (Lipinski definition) is 6. The van der Waals surface area contributed by atoms with Crippen molar-refractivity contribution in [2.75, 3.05) is 13.7 Å². The molecule has 1 unspecified atom stereocenters. The number of alkyl carbamates (subject to hydrolysis) is 1. The highest BCUT2D eigenvalue weighted by molar-refractivity contribution is 6.09. The van der Waals surface area contributed by atoms with Crippen LogP contribution >= 0.6 is 0 Å². The van der Waals surface area contributed by atoms with E-state index >= 15 is 0 Å². The van der Waals surface area contributed by atoms with E-state index in [2.05, 4.69) is 46.3 Å². The maximum atomic E-state index is 14.5. The maximum absolute atomic E-state index is 14.5. The summed E-state index contributed by atoms with van der Waals surface area (Å²) in [5.74, 6) is 1.03. The Morgan fingerprint density at radius 1 is 0.784 bits per heavy atom. The van der Waals surface area contributed by atoms with Gasteiger partial charge in [-0.05, 0) is 95.4 Å². The SMILES string of the molecule is COC(=O)CCC(=O)N[C@@H](CNC(=O)C(C)(Cc1cc2ccccc2c2ccccc12)NC(=O)OC1C2CC3CC(C2)CC1C3)c1ccccc1. The van der Waals surface area contributed by atoms with Crippen molar-refractivity contribution in [3.63, 3.8) is 0 Å². The van der Waals surface area contributed by atoms with Gasteiger partial charge in [0.25, 0.3) is 0 Å². The number of benzene rings is 4. The van der Waals surface area contributed by atoms with Crippen LogP contribution in [0.4, 0.5) is 4.79 Å². The minimum Gasteiger partial charge on any atom is -0.469 e. The smallest absolute Gasteiger partial charge is 0.408 e. The average Bonchev–Trinajstić information content (AvgIpc) is 3.13. The van der Waals surface area contributed by atoms with Crippen molar-refractivity contribution in [2.45, 2.75) is 76.0 Å². The van der Waals surface area contributed by atoms with Crippen molar-refractivity contribution in [2.24, 2.45) is 23.7 Å². The fraction of sp³-hybridized carbons (Fsp3) is 0.429. The molecular formula is C42H47N3O6. The molecule has 9 nitrogen and oxygen atoms in total. The van der Waals surface area contributed by atoms with E-state index in [9.17, 15) is 19.2 Å². The van der Waals surface area contributed by atoms with Crippen LogP contribution in [0.1, 0.15) is 69.0 Å². The van der Waals surface area contributed by atoms with E-state index < -0.39 is 29.6 Å². The van der Waals surface area contributed by atoms with E-state index in [0.717, 1.165) is 70.2 Å². The van der Waals surface area contributed by atoms with Crippen molar-refractivity contribution in [1.29, 1.82) is 0 Å². The van der Waals surface area contributed by atoms with E-state index in [0.29, 0.717) is 11.8 Å². The number of nitrogens with one attached hydrogen (secondary N) is 3. The lowest BCUT2D eigenvalue weighted by molar-refractivity contribution is -0.142. The van der Waals surface area contributed by atoms with Crippen LogP contribution in [0, 0.1) is 23.7 Å². The zero-order chi connectivity index (χ0) is 35.5. The van der Waals surface area contributed by atoms with Crippen LogP contribution in [0.15, 0.2) is 84.9 Å². The minimum atomic E-state index is -1.40. The third-order valence-electron chi connectivity index (χ3n) is 11.4. The number of rotatable bonds is 12. The molecule has 266 valence electrons. The zero-order valence-electron chi connectivity index (χ0n) is 29.4. The van der Waals surface area contributed by atoms with Crippen LogP contribution in [0.25, 0.3) is 21.5 Å². The molecule has 4 aromatic carbocycles. The van der Waals surface area contributed by atoms with Gasteiger partial charge in [0.05, 0.1) is 19.6 Å². The number of carbonyl (C=O) groups is 4. The molecule has 8 rings (SSSR count). The molecule has 0 spiro atoms. The molecule has 3 N–H and O–H groups in total. The van der Waals surface area contributed by atoms with Crippen molar-refractivity contribution in [3.05, 3.63) is 96.1 Å². The Kier molecular flexibility index (Phi) is 9.98. The van der Waals surface area contributed by atoms with E-state index in [1.165, 1.54) is 13.5 Å². The van der Waals surface area contributed by atoms with Gasteiger partial charge in [-0.1, -0.05) is 84.9 Å². The van der Waals surface area contributed by atoms with Crippen molar-refractivity contribution >= 4 is 45.4 Å². The van der Waals surface area contributed by atoms with Gasteiger partial charge in [0.2, 0.25) is 11.8 Å². The lowest BCUT2D eigenvalue weighted by Crippen LogP contribution is -2.60. The number of ether oxygens (including phenoxy) is 2. The summed E-state index contributed by atoms with van der Waals surface area (Å²) in [7, 11) is 1.28. The van der Waals surface area contributed by atoms with Crippen molar-refractivity contribution < 1.29 is 28.7 Å². The summed E-state index contributed by atoms with van der Waals surface area (Å²) in [6, 6.07) is 27.2. The van der Waals surface area contributed by atoms with Gasteiger partial charge < -0.3 is 25.4 Å². The summed E-state index contributed by atoms with van der Waals surface area (Å²) in [5, 5.41) is 13.3. The molecule has 4 aliphatic carbocycles. The summed E-state index contributed by atoms with van der Waals surface area (Å²) < 4.78 is 10.9. The topological polar surface area (TPSA) is 123 Å². The molecule has 3 amide bonds. The average molecular weight is 690 g/mol.